The number of hydrogen-bond donors (Lipinski definition) is 2. The van der Waals surface area contributed by atoms with Crippen LogP contribution in [0.5, 0.6) is 0 Å². The van der Waals surface area contributed by atoms with Gasteiger partial charge in [0, 0.05) is 11.0 Å². The highest BCUT2D eigenvalue weighted by Crippen LogP contribution is 2.26. The van der Waals surface area contributed by atoms with Crippen LogP contribution in [0.15, 0.2) is 28.7 Å². The van der Waals surface area contributed by atoms with Crippen LogP contribution in [0.2, 0.25) is 0 Å². The molecule has 0 spiro atoms. The standard InChI is InChI=1S/C11H9BrN4S/c12-9-4-2-1-3-7(9)6-15-11-8(5-13)10(14)16-17-11/h1-4,15H,6H2,(H2,14,16). The predicted octanol–water partition coefficient (Wildman–Crippen LogP) is 2.97. The van der Waals surface area contributed by atoms with Crippen LogP contribution in [0, 0.1) is 11.3 Å². The van der Waals surface area contributed by atoms with Crippen LogP contribution in [-0.2, 0) is 6.54 Å². The van der Waals surface area contributed by atoms with Gasteiger partial charge in [-0.1, -0.05) is 34.1 Å². The lowest BCUT2D eigenvalue weighted by molar-refractivity contribution is 1.15. The molecule has 86 valence electrons. The third-order valence-electron chi connectivity index (χ3n) is 2.23. The minimum Gasteiger partial charge on any atom is -0.382 e. The molecular formula is C11H9BrN4S. The highest BCUT2D eigenvalue weighted by Gasteiger charge is 2.10. The van der Waals surface area contributed by atoms with Gasteiger partial charge in [-0.05, 0) is 23.2 Å². The molecular weight excluding hydrogens is 300 g/mol. The van der Waals surface area contributed by atoms with E-state index in [4.69, 9.17) is 11.0 Å². The summed E-state index contributed by atoms with van der Waals surface area (Å²) in [5.41, 5.74) is 7.11. The Balaban J connectivity index is 2.13. The molecule has 0 saturated carbocycles. The number of anilines is 2. The summed E-state index contributed by atoms with van der Waals surface area (Å²) in [6, 6.07) is 9.95. The predicted molar refractivity (Wildman–Crippen MR) is 72.7 cm³/mol. The lowest BCUT2D eigenvalue weighted by Crippen LogP contribution is -2.00. The SMILES string of the molecule is N#Cc1c(N)nsc1NCc1ccccc1Br. The molecule has 4 nitrogen and oxygen atoms in total. The zero-order valence-electron chi connectivity index (χ0n) is 8.77. The first-order valence-corrected chi connectivity index (χ1v) is 6.41. The number of nitrogens with one attached hydrogen (secondary N) is 1. The van der Waals surface area contributed by atoms with Crippen molar-refractivity contribution in [2.24, 2.45) is 0 Å². The van der Waals surface area contributed by atoms with Crippen LogP contribution >= 0.6 is 27.5 Å². The molecule has 17 heavy (non-hydrogen) atoms. The van der Waals surface area contributed by atoms with Crippen LogP contribution in [0.25, 0.3) is 0 Å². The number of nitrogens with two attached hydrogens (primary N) is 1. The van der Waals surface area contributed by atoms with E-state index in [0.29, 0.717) is 17.1 Å². The van der Waals surface area contributed by atoms with Crippen molar-refractivity contribution in [3.05, 3.63) is 39.9 Å². The molecule has 6 heteroatoms. The molecule has 0 aliphatic rings. The Morgan fingerprint density at radius 2 is 2.24 bits per heavy atom. The second kappa shape index (κ2) is 5.17. The maximum atomic E-state index is 8.93. The van der Waals surface area contributed by atoms with Crippen molar-refractivity contribution in [1.82, 2.24) is 4.37 Å². The van der Waals surface area contributed by atoms with Crippen LogP contribution in [0.1, 0.15) is 11.1 Å². The molecule has 0 bridgehead atoms. The Bertz CT molecular complexity index is 573. The second-order valence-corrected chi connectivity index (χ2v) is 4.96. The van der Waals surface area contributed by atoms with E-state index in [9.17, 15) is 0 Å². The van der Waals surface area contributed by atoms with Crippen LogP contribution < -0.4 is 11.1 Å². The minimum absolute atomic E-state index is 0.284. The van der Waals surface area contributed by atoms with Crippen molar-refractivity contribution in [3.63, 3.8) is 0 Å². The van der Waals surface area contributed by atoms with E-state index < -0.39 is 0 Å². The fourth-order valence-corrected chi connectivity index (χ4v) is 2.43. The minimum atomic E-state index is 0.284. The number of nitriles is 1. The molecule has 0 unspecified atom stereocenters. The van der Waals surface area contributed by atoms with Crippen molar-refractivity contribution in [1.29, 1.82) is 5.26 Å². The average Bonchev–Trinajstić information content (AvgIpc) is 2.69. The molecule has 0 atom stereocenters. The van der Waals surface area contributed by atoms with Gasteiger partial charge in [0.15, 0.2) is 5.82 Å². The van der Waals surface area contributed by atoms with Gasteiger partial charge in [-0.25, -0.2) is 0 Å². The van der Waals surface area contributed by atoms with Gasteiger partial charge >= 0.3 is 0 Å². The fourth-order valence-electron chi connectivity index (χ4n) is 1.35. The van der Waals surface area contributed by atoms with Crippen molar-refractivity contribution in [2.45, 2.75) is 6.54 Å². The Morgan fingerprint density at radius 1 is 1.47 bits per heavy atom. The molecule has 0 fully saturated rings. The summed E-state index contributed by atoms with van der Waals surface area (Å²) in [4.78, 5) is 0. The zero-order chi connectivity index (χ0) is 12.3. The number of aromatic nitrogens is 1. The van der Waals surface area contributed by atoms with Gasteiger partial charge < -0.3 is 11.1 Å². The molecule has 2 aromatic rings. The highest BCUT2D eigenvalue weighted by molar-refractivity contribution is 9.10. The number of benzene rings is 1. The number of hydrogen-bond acceptors (Lipinski definition) is 5. The maximum absolute atomic E-state index is 8.93. The van der Waals surface area contributed by atoms with Gasteiger partial charge in [-0.15, -0.1) is 0 Å². The van der Waals surface area contributed by atoms with Crippen molar-refractivity contribution in [2.75, 3.05) is 11.1 Å². The highest BCUT2D eigenvalue weighted by atomic mass is 79.9. The fraction of sp³-hybridized carbons (Fsp3) is 0.0909. The Kier molecular flexibility index (Phi) is 3.61. The number of nitrogen functional groups attached to an aromatic ring is 1. The maximum Gasteiger partial charge on any atom is 0.157 e. The van der Waals surface area contributed by atoms with Crippen LogP contribution in [0.3, 0.4) is 0 Å². The molecule has 3 N–H and O–H groups in total. The van der Waals surface area contributed by atoms with Gasteiger partial charge in [0.25, 0.3) is 0 Å². The Labute approximate surface area is 111 Å². The normalized spacial score (nSPS) is 9.88. The van der Waals surface area contributed by atoms with Crippen molar-refractivity contribution in [3.8, 4) is 6.07 Å². The lowest BCUT2D eigenvalue weighted by atomic mass is 10.2. The van der Waals surface area contributed by atoms with E-state index in [-0.39, 0.29) is 5.82 Å². The smallest absolute Gasteiger partial charge is 0.157 e. The largest absolute Gasteiger partial charge is 0.382 e. The van der Waals surface area contributed by atoms with E-state index in [1.807, 2.05) is 30.3 Å². The van der Waals surface area contributed by atoms with E-state index in [1.54, 1.807) is 0 Å². The molecule has 1 heterocycles. The summed E-state index contributed by atoms with van der Waals surface area (Å²) >= 11 is 4.67. The first kappa shape index (κ1) is 11.9. The van der Waals surface area contributed by atoms with E-state index >= 15 is 0 Å². The van der Waals surface area contributed by atoms with Gasteiger partial charge in [0.2, 0.25) is 0 Å². The van der Waals surface area contributed by atoms with Gasteiger partial charge in [-0.3, -0.25) is 0 Å². The first-order chi connectivity index (χ1) is 8.22. The van der Waals surface area contributed by atoms with Crippen molar-refractivity contribution >= 4 is 38.3 Å². The van der Waals surface area contributed by atoms with E-state index in [2.05, 4.69) is 25.6 Å². The summed E-state index contributed by atoms with van der Waals surface area (Å²) in [6.07, 6.45) is 0. The average molecular weight is 309 g/mol. The van der Waals surface area contributed by atoms with Crippen LogP contribution in [0.4, 0.5) is 10.8 Å². The molecule has 0 aliphatic carbocycles. The number of rotatable bonds is 3. The van der Waals surface area contributed by atoms with Gasteiger partial charge in [-0.2, -0.15) is 9.64 Å². The summed E-state index contributed by atoms with van der Waals surface area (Å²) < 4.78 is 4.98. The summed E-state index contributed by atoms with van der Waals surface area (Å²) in [5, 5.41) is 12.8. The number of nitrogens with zero attached hydrogens (tertiary/aromatic N) is 2. The molecule has 1 aromatic carbocycles. The first-order valence-electron chi connectivity index (χ1n) is 4.85. The summed E-state index contributed by atoms with van der Waals surface area (Å²) in [7, 11) is 0. The monoisotopic (exact) mass is 308 g/mol. The van der Waals surface area contributed by atoms with Gasteiger partial charge in [0.1, 0.15) is 16.6 Å². The molecule has 2 rings (SSSR count). The van der Waals surface area contributed by atoms with Crippen molar-refractivity contribution < 1.29 is 0 Å². The third kappa shape index (κ3) is 2.57. The molecule has 0 radical (unpaired) electrons. The quantitative estimate of drug-likeness (QED) is 0.914. The second-order valence-electron chi connectivity index (χ2n) is 3.33. The molecule has 0 aliphatic heterocycles. The molecule has 1 aromatic heterocycles. The van der Waals surface area contributed by atoms with E-state index in [0.717, 1.165) is 10.0 Å². The van der Waals surface area contributed by atoms with E-state index in [1.165, 1.54) is 11.5 Å². The summed E-state index contributed by atoms with van der Waals surface area (Å²) in [5.74, 6) is 0.284. The molecule has 0 saturated heterocycles. The zero-order valence-corrected chi connectivity index (χ0v) is 11.2. The molecule has 0 amide bonds. The number of halogens is 1. The van der Waals surface area contributed by atoms with Crippen LogP contribution in [-0.4, -0.2) is 4.37 Å². The topological polar surface area (TPSA) is 74.7 Å². The Morgan fingerprint density at radius 3 is 2.94 bits per heavy atom. The Hall–Kier alpha value is -1.58. The van der Waals surface area contributed by atoms with Gasteiger partial charge in [0.05, 0.1) is 0 Å². The third-order valence-corrected chi connectivity index (χ3v) is 3.82. The summed E-state index contributed by atoms with van der Waals surface area (Å²) in [6.45, 7) is 0.623. The lowest BCUT2D eigenvalue weighted by Gasteiger charge is -2.05.